The summed E-state index contributed by atoms with van der Waals surface area (Å²) in [5, 5.41) is 1.75. The van der Waals surface area contributed by atoms with Gasteiger partial charge >= 0.3 is 0 Å². The Labute approximate surface area is 158 Å². The predicted octanol–water partition coefficient (Wildman–Crippen LogP) is 2.22. The Kier molecular flexibility index (Phi) is 5.95. The number of hydrogen-bond acceptors (Lipinski definition) is 5. The molecule has 0 spiro atoms. The van der Waals surface area contributed by atoms with E-state index in [4.69, 9.17) is 4.74 Å². The Hall–Kier alpha value is -1.90. The molecule has 26 heavy (non-hydrogen) atoms. The summed E-state index contributed by atoms with van der Waals surface area (Å²) >= 11 is 1.21. The molecular formula is C18H22N2O4S2. The number of benzene rings is 1. The van der Waals surface area contributed by atoms with Crippen LogP contribution in [0.3, 0.4) is 0 Å². The van der Waals surface area contributed by atoms with Crippen LogP contribution in [-0.4, -0.2) is 56.3 Å². The monoisotopic (exact) mass is 394 g/mol. The van der Waals surface area contributed by atoms with Crippen LogP contribution < -0.4 is 4.74 Å². The molecule has 0 radical (unpaired) electrons. The highest BCUT2D eigenvalue weighted by molar-refractivity contribution is 7.91. The fourth-order valence-corrected chi connectivity index (χ4v) is 5.34. The Balaban J connectivity index is 1.50. The van der Waals surface area contributed by atoms with Crippen LogP contribution in [0.15, 0.2) is 46.0 Å². The van der Waals surface area contributed by atoms with Crippen molar-refractivity contribution < 1.29 is 17.9 Å². The summed E-state index contributed by atoms with van der Waals surface area (Å²) in [4.78, 5) is 14.0. The number of nitrogens with zero attached hydrogens (tertiary/aromatic N) is 2. The first-order valence-corrected chi connectivity index (χ1v) is 10.9. The maximum absolute atomic E-state index is 12.5. The number of aryl methyl sites for hydroxylation is 1. The molecule has 1 aromatic heterocycles. The fraction of sp³-hybridized carbons (Fsp3) is 0.389. The van der Waals surface area contributed by atoms with E-state index in [9.17, 15) is 13.2 Å². The van der Waals surface area contributed by atoms with Crippen molar-refractivity contribution in [3.8, 4) is 5.75 Å². The van der Waals surface area contributed by atoms with Crippen molar-refractivity contribution in [3.05, 3.63) is 47.3 Å². The Morgan fingerprint density at radius 2 is 1.81 bits per heavy atom. The van der Waals surface area contributed by atoms with Crippen LogP contribution >= 0.6 is 11.3 Å². The van der Waals surface area contributed by atoms with E-state index in [1.54, 1.807) is 22.4 Å². The van der Waals surface area contributed by atoms with Gasteiger partial charge in [-0.2, -0.15) is 4.31 Å². The highest BCUT2D eigenvalue weighted by Crippen LogP contribution is 2.22. The molecule has 1 saturated heterocycles. The van der Waals surface area contributed by atoms with Gasteiger partial charge in [-0.3, -0.25) is 4.79 Å². The van der Waals surface area contributed by atoms with Gasteiger partial charge in [-0.1, -0.05) is 25.1 Å². The molecule has 6 nitrogen and oxygen atoms in total. The first-order chi connectivity index (χ1) is 12.5. The Morgan fingerprint density at radius 3 is 2.38 bits per heavy atom. The number of carbonyl (C=O) groups excluding carboxylic acids is 1. The molecular weight excluding hydrogens is 372 g/mol. The molecule has 8 heteroatoms. The van der Waals surface area contributed by atoms with Crippen molar-refractivity contribution in [2.45, 2.75) is 17.6 Å². The zero-order chi connectivity index (χ0) is 18.6. The largest absolute Gasteiger partial charge is 0.484 e. The molecule has 140 valence electrons. The zero-order valence-corrected chi connectivity index (χ0v) is 16.3. The lowest BCUT2D eigenvalue weighted by Crippen LogP contribution is -2.51. The van der Waals surface area contributed by atoms with E-state index in [0.717, 1.165) is 6.42 Å². The number of carbonyl (C=O) groups is 1. The summed E-state index contributed by atoms with van der Waals surface area (Å²) in [7, 11) is -3.45. The van der Waals surface area contributed by atoms with Crippen LogP contribution in [0.5, 0.6) is 5.75 Å². The summed E-state index contributed by atoms with van der Waals surface area (Å²) in [6.07, 6.45) is 0.956. The van der Waals surface area contributed by atoms with Gasteiger partial charge in [-0.25, -0.2) is 8.42 Å². The third-order valence-corrected chi connectivity index (χ3v) is 7.65. The smallest absolute Gasteiger partial charge is 0.260 e. The molecule has 1 aliphatic heterocycles. The molecule has 1 fully saturated rings. The standard InChI is InChI=1S/C18H22N2O4S2/c1-2-15-5-7-16(8-6-15)24-14-17(21)19-9-11-20(12-10-19)26(22,23)18-4-3-13-25-18/h3-8,13H,2,9-12,14H2,1H3. The minimum atomic E-state index is -3.45. The lowest BCUT2D eigenvalue weighted by Gasteiger charge is -2.33. The molecule has 0 atom stereocenters. The molecule has 0 aliphatic carbocycles. The number of piperazine rings is 1. The molecule has 0 bridgehead atoms. The highest BCUT2D eigenvalue weighted by atomic mass is 32.2. The number of rotatable bonds is 6. The Bertz CT molecular complexity index is 825. The van der Waals surface area contributed by atoms with Crippen LogP contribution in [0.2, 0.25) is 0 Å². The molecule has 2 aromatic rings. The number of sulfonamides is 1. The fourth-order valence-electron chi connectivity index (χ4n) is 2.77. The predicted molar refractivity (Wildman–Crippen MR) is 101 cm³/mol. The zero-order valence-electron chi connectivity index (χ0n) is 14.6. The van der Waals surface area contributed by atoms with Crippen LogP contribution in [-0.2, 0) is 21.2 Å². The molecule has 0 N–H and O–H groups in total. The van der Waals surface area contributed by atoms with Crippen LogP contribution in [0.4, 0.5) is 0 Å². The van der Waals surface area contributed by atoms with E-state index in [0.29, 0.717) is 36.1 Å². The van der Waals surface area contributed by atoms with E-state index < -0.39 is 10.0 Å². The van der Waals surface area contributed by atoms with Crippen molar-refractivity contribution >= 4 is 27.3 Å². The van der Waals surface area contributed by atoms with E-state index in [1.165, 1.54) is 21.2 Å². The molecule has 1 amide bonds. The van der Waals surface area contributed by atoms with Crippen LogP contribution in [0.25, 0.3) is 0 Å². The normalized spacial score (nSPS) is 15.8. The van der Waals surface area contributed by atoms with Gasteiger partial charge in [-0.05, 0) is 35.6 Å². The molecule has 1 aromatic carbocycles. The van der Waals surface area contributed by atoms with Gasteiger partial charge in [0.25, 0.3) is 15.9 Å². The number of amides is 1. The third kappa shape index (κ3) is 4.25. The summed E-state index contributed by atoms with van der Waals surface area (Å²) in [5.74, 6) is 0.534. The second kappa shape index (κ2) is 8.20. The van der Waals surface area contributed by atoms with Gasteiger partial charge in [0.05, 0.1) is 0 Å². The van der Waals surface area contributed by atoms with E-state index in [1.807, 2.05) is 24.3 Å². The molecule has 2 heterocycles. The maximum atomic E-state index is 12.5. The number of thiophene rings is 1. The molecule has 0 saturated carbocycles. The second-order valence-electron chi connectivity index (χ2n) is 6.00. The quantitative estimate of drug-likeness (QED) is 0.754. The first kappa shape index (κ1) is 18.9. The topological polar surface area (TPSA) is 66.9 Å². The van der Waals surface area contributed by atoms with E-state index >= 15 is 0 Å². The summed E-state index contributed by atoms with van der Waals surface area (Å²) in [6.45, 7) is 3.40. The number of hydrogen-bond donors (Lipinski definition) is 0. The molecule has 1 aliphatic rings. The molecule has 0 unspecified atom stereocenters. The third-order valence-electron chi connectivity index (χ3n) is 4.37. The van der Waals surface area contributed by atoms with Crippen molar-refractivity contribution in [2.24, 2.45) is 0 Å². The average molecular weight is 395 g/mol. The lowest BCUT2D eigenvalue weighted by atomic mass is 10.2. The SMILES string of the molecule is CCc1ccc(OCC(=O)N2CCN(S(=O)(=O)c3cccs3)CC2)cc1. The first-order valence-electron chi connectivity index (χ1n) is 8.54. The van der Waals surface area contributed by atoms with Gasteiger partial charge in [-0.15, -0.1) is 11.3 Å². The minimum absolute atomic E-state index is 0.0385. The van der Waals surface area contributed by atoms with Gasteiger partial charge < -0.3 is 9.64 Å². The van der Waals surface area contributed by atoms with Gasteiger partial charge in [0.2, 0.25) is 0 Å². The number of ether oxygens (including phenoxy) is 1. The van der Waals surface area contributed by atoms with Crippen LogP contribution in [0.1, 0.15) is 12.5 Å². The van der Waals surface area contributed by atoms with Gasteiger partial charge in [0.15, 0.2) is 6.61 Å². The van der Waals surface area contributed by atoms with Crippen molar-refractivity contribution in [1.29, 1.82) is 0 Å². The Morgan fingerprint density at radius 1 is 1.12 bits per heavy atom. The van der Waals surface area contributed by atoms with Crippen molar-refractivity contribution in [3.63, 3.8) is 0 Å². The van der Waals surface area contributed by atoms with E-state index in [-0.39, 0.29) is 12.5 Å². The second-order valence-corrected chi connectivity index (χ2v) is 9.12. The molecule has 3 rings (SSSR count). The van der Waals surface area contributed by atoms with Gasteiger partial charge in [0.1, 0.15) is 9.96 Å². The summed E-state index contributed by atoms with van der Waals surface area (Å²) < 4.78 is 32.3. The lowest BCUT2D eigenvalue weighted by molar-refractivity contribution is -0.134. The highest BCUT2D eigenvalue weighted by Gasteiger charge is 2.30. The summed E-state index contributed by atoms with van der Waals surface area (Å²) in [5.41, 5.74) is 1.21. The van der Waals surface area contributed by atoms with Gasteiger partial charge in [0, 0.05) is 26.2 Å². The van der Waals surface area contributed by atoms with Crippen LogP contribution in [0, 0.1) is 0 Å². The minimum Gasteiger partial charge on any atom is -0.484 e. The maximum Gasteiger partial charge on any atom is 0.260 e. The van der Waals surface area contributed by atoms with E-state index in [2.05, 4.69) is 6.92 Å². The van der Waals surface area contributed by atoms with Crippen molar-refractivity contribution in [2.75, 3.05) is 32.8 Å². The van der Waals surface area contributed by atoms with Crippen molar-refractivity contribution in [1.82, 2.24) is 9.21 Å². The summed E-state index contributed by atoms with van der Waals surface area (Å²) in [6, 6.07) is 11.0. The average Bonchev–Trinajstić information content (AvgIpc) is 3.22.